The molecule has 2 aromatic heterocycles. The van der Waals surface area contributed by atoms with E-state index in [9.17, 15) is 18.0 Å². The Morgan fingerprint density at radius 3 is 2.82 bits per heavy atom. The number of hydrogen-bond acceptors (Lipinski definition) is 6. The van der Waals surface area contributed by atoms with Crippen molar-refractivity contribution in [2.24, 2.45) is 0 Å². The van der Waals surface area contributed by atoms with Crippen LogP contribution in [-0.4, -0.2) is 40.7 Å². The lowest BCUT2D eigenvalue weighted by Gasteiger charge is -2.14. The Morgan fingerprint density at radius 2 is 2.07 bits per heavy atom. The molecule has 0 aliphatic carbocycles. The van der Waals surface area contributed by atoms with Crippen LogP contribution >= 0.6 is 0 Å². The first kappa shape index (κ1) is 17.9. The third-order valence-corrected chi connectivity index (χ3v) is 4.14. The maximum absolute atomic E-state index is 13.2. The maximum atomic E-state index is 13.2. The van der Waals surface area contributed by atoms with Crippen LogP contribution in [0.1, 0.15) is 15.9 Å². The minimum absolute atomic E-state index is 0.00366. The van der Waals surface area contributed by atoms with Crippen LogP contribution in [0.4, 0.5) is 30.5 Å². The molecular weight excluding hydrogens is 377 g/mol. The molecule has 11 heteroatoms. The van der Waals surface area contributed by atoms with Crippen LogP contribution in [0.15, 0.2) is 30.5 Å². The molecule has 0 atom stereocenters. The Bertz CT molecular complexity index is 1060. The highest BCUT2D eigenvalue weighted by atomic mass is 19.4. The van der Waals surface area contributed by atoms with Crippen molar-refractivity contribution in [3.63, 3.8) is 0 Å². The van der Waals surface area contributed by atoms with Crippen molar-refractivity contribution < 1.29 is 22.7 Å². The van der Waals surface area contributed by atoms with Gasteiger partial charge in [0.25, 0.3) is 5.91 Å². The number of amides is 1. The molecule has 0 saturated carbocycles. The first-order valence-electron chi connectivity index (χ1n) is 8.32. The Hall–Kier alpha value is -3.50. The second kappa shape index (κ2) is 6.59. The quantitative estimate of drug-likeness (QED) is 0.590. The highest BCUT2D eigenvalue weighted by Crippen LogP contribution is 2.35. The van der Waals surface area contributed by atoms with E-state index in [0.717, 1.165) is 12.1 Å². The van der Waals surface area contributed by atoms with Gasteiger partial charge in [-0.1, -0.05) is 0 Å². The zero-order valence-corrected chi connectivity index (χ0v) is 14.6. The number of ether oxygens (including phenoxy) is 1. The number of rotatable bonds is 1. The first-order chi connectivity index (χ1) is 13.3. The summed E-state index contributed by atoms with van der Waals surface area (Å²) in [5.74, 6) is 0.372. The molecule has 146 valence electrons. The highest BCUT2D eigenvalue weighted by molar-refractivity contribution is 6.00. The molecule has 0 radical (unpaired) electrons. The molecule has 28 heavy (non-hydrogen) atoms. The molecule has 1 amide bonds. The lowest BCUT2D eigenvalue weighted by molar-refractivity contribution is -0.137. The first-order valence-corrected chi connectivity index (χ1v) is 8.32. The molecule has 3 heterocycles. The maximum Gasteiger partial charge on any atom is 0.416 e. The molecule has 1 aliphatic rings. The van der Waals surface area contributed by atoms with E-state index >= 15 is 0 Å². The van der Waals surface area contributed by atoms with Crippen LogP contribution in [-0.2, 0) is 6.18 Å². The van der Waals surface area contributed by atoms with Crippen molar-refractivity contribution in [3.05, 3.63) is 41.6 Å². The largest absolute Gasteiger partial charge is 0.492 e. The lowest BCUT2D eigenvalue weighted by atomic mass is 10.1. The number of anilines is 3. The molecule has 3 N–H and O–H groups in total. The fraction of sp³-hybridized carbons (Fsp3) is 0.235. The molecule has 3 aromatic rings. The van der Waals surface area contributed by atoms with E-state index in [0.29, 0.717) is 5.82 Å². The van der Waals surface area contributed by atoms with E-state index in [4.69, 9.17) is 4.74 Å². The number of hydrogen-bond donors (Lipinski definition) is 3. The van der Waals surface area contributed by atoms with Gasteiger partial charge in [-0.25, -0.2) is 4.98 Å². The number of benzene rings is 1. The van der Waals surface area contributed by atoms with E-state index in [1.54, 1.807) is 13.1 Å². The molecule has 4 bridgehead atoms. The molecule has 4 rings (SSSR count). The minimum Gasteiger partial charge on any atom is -0.492 e. The standard InChI is InChI=1S/C17H15F3N6O2/c1-21-14-7-13-24-10-4-9(17(18,19)20)5-11(6-10)28-3-2-22-16(27)12-8-23-26(14)15(12)25-13/h4-8,21H,2-3H2,1H3,(H,22,27)(H,24,25). The number of carbonyl (C=O) groups excluding carboxylic acids is 1. The van der Waals surface area contributed by atoms with Crippen LogP contribution in [0, 0.1) is 0 Å². The molecule has 0 unspecified atom stereocenters. The van der Waals surface area contributed by atoms with Crippen LogP contribution in [0.5, 0.6) is 5.75 Å². The predicted molar refractivity (Wildman–Crippen MR) is 95.1 cm³/mol. The second-order valence-electron chi connectivity index (χ2n) is 6.04. The molecule has 1 aliphatic heterocycles. The number of alkyl halides is 3. The number of aromatic nitrogens is 3. The molecule has 0 saturated heterocycles. The summed E-state index contributed by atoms with van der Waals surface area (Å²) in [5.41, 5.74) is -0.198. The summed E-state index contributed by atoms with van der Waals surface area (Å²) in [7, 11) is 1.66. The van der Waals surface area contributed by atoms with Gasteiger partial charge < -0.3 is 20.7 Å². The van der Waals surface area contributed by atoms with Crippen LogP contribution in [0.3, 0.4) is 0 Å². The minimum atomic E-state index is -4.54. The average Bonchev–Trinajstić information content (AvgIpc) is 3.07. The number of nitrogens with zero attached hydrogens (tertiary/aromatic N) is 3. The Kier molecular flexibility index (Phi) is 4.21. The molecule has 8 nitrogen and oxygen atoms in total. The lowest BCUT2D eigenvalue weighted by Crippen LogP contribution is -2.28. The van der Waals surface area contributed by atoms with Gasteiger partial charge in [0, 0.05) is 24.9 Å². The van der Waals surface area contributed by atoms with Crippen LogP contribution in [0.25, 0.3) is 5.65 Å². The van der Waals surface area contributed by atoms with E-state index < -0.39 is 17.6 Å². The monoisotopic (exact) mass is 392 g/mol. The summed E-state index contributed by atoms with van der Waals surface area (Å²) in [5, 5.41) is 12.6. The van der Waals surface area contributed by atoms with E-state index in [-0.39, 0.29) is 41.6 Å². The molecule has 1 aromatic carbocycles. The number of nitrogens with one attached hydrogen (secondary N) is 3. The van der Waals surface area contributed by atoms with E-state index in [1.807, 2.05) is 0 Å². The van der Waals surface area contributed by atoms with Crippen molar-refractivity contribution >= 4 is 28.9 Å². The SMILES string of the molecule is CNc1cc2nc3c(cnn13)C(=O)NCCOc1cc(cc(C(F)(F)F)c1)N2. The second-order valence-corrected chi connectivity index (χ2v) is 6.04. The van der Waals surface area contributed by atoms with Crippen molar-refractivity contribution in [2.45, 2.75) is 6.18 Å². The molecular formula is C17H15F3N6O2. The zero-order chi connectivity index (χ0) is 19.9. The van der Waals surface area contributed by atoms with Gasteiger partial charge in [-0.3, -0.25) is 4.79 Å². The van der Waals surface area contributed by atoms with Gasteiger partial charge in [0.15, 0.2) is 5.65 Å². The molecule has 0 spiro atoms. The van der Waals surface area contributed by atoms with Gasteiger partial charge in [-0.15, -0.1) is 0 Å². The smallest absolute Gasteiger partial charge is 0.416 e. The Morgan fingerprint density at radius 1 is 1.25 bits per heavy atom. The topological polar surface area (TPSA) is 92.6 Å². The number of halogens is 3. The Balaban J connectivity index is 1.88. The third-order valence-electron chi connectivity index (χ3n) is 4.14. The summed E-state index contributed by atoms with van der Waals surface area (Å²) < 4.78 is 46.6. The summed E-state index contributed by atoms with van der Waals surface area (Å²) >= 11 is 0. The van der Waals surface area contributed by atoms with Gasteiger partial charge in [0.05, 0.1) is 18.3 Å². The fourth-order valence-corrected chi connectivity index (χ4v) is 2.86. The Labute approximate surface area is 156 Å². The van der Waals surface area contributed by atoms with E-state index in [1.165, 1.54) is 16.8 Å². The fourth-order valence-electron chi connectivity index (χ4n) is 2.86. The van der Waals surface area contributed by atoms with Gasteiger partial charge >= 0.3 is 6.18 Å². The van der Waals surface area contributed by atoms with Crippen molar-refractivity contribution in [2.75, 3.05) is 30.8 Å². The summed E-state index contributed by atoms with van der Waals surface area (Å²) in [6.45, 7) is 0.109. The third kappa shape index (κ3) is 3.26. The van der Waals surface area contributed by atoms with Crippen LogP contribution in [0.2, 0.25) is 0 Å². The normalized spacial score (nSPS) is 14.4. The predicted octanol–water partition coefficient (Wildman–Crippen LogP) is 2.66. The van der Waals surface area contributed by atoms with Crippen molar-refractivity contribution in [1.82, 2.24) is 19.9 Å². The summed E-state index contributed by atoms with van der Waals surface area (Å²) in [6, 6.07) is 4.90. The number of fused-ring (bicyclic) bond motifs is 3. The van der Waals surface area contributed by atoms with Gasteiger partial charge in [0.2, 0.25) is 0 Å². The highest BCUT2D eigenvalue weighted by Gasteiger charge is 2.31. The van der Waals surface area contributed by atoms with Gasteiger partial charge in [-0.2, -0.15) is 22.8 Å². The zero-order valence-electron chi connectivity index (χ0n) is 14.6. The van der Waals surface area contributed by atoms with Crippen LogP contribution < -0.4 is 20.7 Å². The number of carbonyl (C=O) groups is 1. The summed E-state index contributed by atoms with van der Waals surface area (Å²) in [6.07, 6.45) is -3.16. The van der Waals surface area contributed by atoms with E-state index in [2.05, 4.69) is 26.0 Å². The molecule has 0 fully saturated rings. The van der Waals surface area contributed by atoms with Crippen molar-refractivity contribution in [1.29, 1.82) is 0 Å². The van der Waals surface area contributed by atoms with Crippen molar-refractivity contribution in [3.8, 4) is 5.75 Å². The average molecular weight is 392 g/mol. The van der Waals surface area contributed by atoms with Gasteiger partial charge in [-0.05, 0) is 12.1 Å². The summed E-state index contributed by atoms with van der Waals surface area (Å²) in [4.78, 5) is 16.8. The van der Waals surface area contributed by atoms with Gasteiger partial charge in [0.1, 0.15) is 29.6 Å².